The van der Waals surface area contributed by atoms with Crippen molar-refractivity contribution in [1.82, 2.24) is 9.97 Å². The van der Waals surface area contributed by atoms with E-state index in [4.69, 9.17) is 5.73 Å². The number of aromatic nitrogens is 2. The number of hydrogen-bond donors (Lipinski definition) is 3. The first kappa shape index (κ1) is 13.5. The van der Waals surface area contributed by atoms with Gasteiger partial charge in [-0.05, 0) is 25.7 Å². The fourth-order valence-corrected chi connectivity index (χ4v) is 1.55. The molecule has 1 aromatic rings. The topological polar surface area (TPSA) is 75.9 Å². The Morgan fingerprint density at radius 1 is 1.24 bits per heavy atom. The highest BCUT2D eigenvalue weighted by atomic mass is 15.1. The monoisotopic (exact) mass is 237 g/mol. The maximum atomic E-state index is 5.64. The quantitative estimate of drug-likeness (QED) is 0.635. The number of nitrogens with two attached hydrogens (primary N) is 1. The van der Waals surface area contributed by atoms with Crippen LogP contribution < -0.4 is 16.4 Å². The molecule has 17 heavy (non-hydrogen) atoms. The molecule has 4 N–H and O–H groups in total. The average Bonchev–Trinajstić information content (AvgIpc) is 2.24. The molecule has 0 bridgehead atoms. The lowest BCUT2D eigenvalue weighted by Gasteiger charge is -2.09. The molecular formula is C12H23N5. The largest absolute Gasteiger partial charge is 0.370 e. The number of rotatable bonds is 7. The predicted molar refractivity (Wildman–Crippen MR) is 73.2 cm³/mol. The zero-order valence-electron chi connectivity index (χ0n) is 11.0. The number of nitrogens with zero attached hydrogens (tertiary/aromatic N) is 2. The molecule has 1 rings (SSSR count). The first-order valence-electron chi connectivity index (χ1n) is 6.24. The smallest absolute Gasteiger partial charge is 0.223 e. The Hall–Kier alpha value is -1.52. The molecule has 0 aliphatic heterocycles. The van der Waals surface area contributed by atoms with E-state index in [1.807, 2.05) is 13.0 Å². The normalized spacial score (nSPS) is 10.6. The molecule has 0 spiro atoms. The van der Waals surface area contributed by atoms with E-state index < -0.39 is 0 Å². The van der Waals surface area contributed by atoms with Crippen molar-refractivity contribution in [2.24, 2.45) is 5.92 Å². The minimum Gasteiger partial charge on any atom is -0.370 e. The van der Waals surface area contributed by atoms with Crippen LogP contribution in [0.4, 0.5) is 17.6 Å². The van der Waals surface area contributed by atoms with Gasteiger partial charge in [0.15, 0.2) is 0 Å². The van der Waals surface area contributed by atoms with Crippen molar-refractivity contribution in [2.45, 2.75) is 33.6 Å². The zero-order valence-corrected chi connectivity index (χ0v) is 11.0. The molecule has 0 aromatic carbocycles. The molecule has 96 valence electrons. The summed E-state index contributed by atoms with van der Waals surface area (Å²) in [4.78, 5) is 8.24. The van der Waals surface area contributed by atoms with E-state index in [9.17, 15) is 0 Å². The second-order valence-corrected chi connectivity index (χ2v) is 4.49. The molecule has 0 aliphatic carbocycles. The number of anilines is 3. The fourth-order valence-electron chi connectivity index (χ4n) is 1.55. The second kappa shape index (κ2) is 6.93. The van der Waals surface area contributed by atoms with E-state index in [2.05, 4.69) is 34.4 Å². The second-order valence-electron chi connectivity index (χ2n) is 4.49. The molecule has 1 heterocycles. The molecule has 0 atom stereocenters. The van der Waals surface area contributed by atoms with E-state index in [-0.39, 0.29) is 0 Å². The third-order valence-electron chi connectivity index (χ3n) is 2.37. The van der Waals surface area contributed by atoms with Crippen LogP contribution in [0.1, 0.15) is 33.6 Å². The van der Waals surface area contributed by atoms with Crippen LogP contribution >= 0.6 is 0 Å². The van der Waals surface area contributed by atoms with Crippen LogP contribution in [-0.4, -0.2) is 23.1 Å². The Labute approximate surface area is 103 Å². The number of nitrogens with one attached hydrogen (secondary N) is 2. The highest BCUT2D eigenvalue weighted by Crippen LogP contribution is 2.12. The summed E-state index contributed by atoms with van der Waals surface area (Å²) in [5.41, 5.74) is 5.64. The van der Waals surface area contributed by atoms with E-state index in [0.29, 0.717) is 5.95 Å². The van der Waals surface area contributed by atoms with Gasteiger partial charge in [-0.2, -0.15) is 9.97 Å². The van der Waals surface area contributed by atoms with Crippen LogP contribution in [0.2, 0.25) is 0 Å². The summed E-state index contributed by atoms with van der Waals surface area (Å²) in [7, 11) is 0. The van der Waals surface area contributed by atoms with Gasteiger partial charge < -0.3 is 16.4 Å². The molecular weight excluding hydrogens is 214 g/mol. The third-order valence-corrected chi connectivity index (χ3v) is 2.37. The molecule has 0 saturated heterocycles. The standard InChI is InChI=1S/C12H23N5/c1-4-14-10-8-11(17-12(13)16-10)15-7-5-6-9(2)3/h8-9H,4-7H2,1-3H3,(H4,13,14,15,16,17). The number of hydrogen-bond acceptors (Lipinski definition) is 5. The maximum absolute atomic E-state index is 5.64. The third kappa shape index (κ3) is 5.38. The molecule has 5 nitrogen and oxygen atoms in total. The summed E-state index contributed by atoms with van der Waals surface area (Å²) in [5, 5.41) is 6.39. The van der Waals surface area contributed by atoms with Gasteiger partial charge in [0.05, 0.1) is 0 Å². The summed E-state index contributed by atoms with van der Waals surface area (Å²) in [6.45, 7) is 8.22. The van der Waals surface area contributed by atoms with Crippen molar-refractivity contribution in [3.63, 3.8) is 0 Å². The van der Waals surface area contributed by atoms with E-state index in [0.717, 1.165) is 37.1 Å². The maximum Gasteiger partial charge on any atom is 0.223 e. The van der Waals surface area contributed by atoms with E-state index >= 15 is 0 Å². The van der Waals surface area contributed by atoms with Gasteiger partial charge in [-0.15, -0.1) is 0 Å². The van der Waals surface area contributed by atoms with Crippen LogP contribution in [0.3, 0.4) is 0 Å². The molecule has 1 aromatic heterocycles. The van der Waals surface area contributed by atoms with Gasteiger partial charge in [0, 0.05) is 19.2 Å². The summed E-state index contributed by atoms with van der Waals surface area (Å²) in [6.07, 6.45) is 2.35. The van der Waals surface area contributed by atoms with E-state index in [1.54, 1.807) is 0 Å². The Morgan fingerprint density at radius 2 is 1.88 bits per heavy atom. The van der Waals surface area contributed by atoms with Crippen molar-refractivity contribution in [3.8, 4) is 0 Å². The van der Waals surface area contributed by atoms with Gasteiger partial charge in [0.1, 0.15) is 11.6 Å². The minimum absolute atomic E-state index is 0.301. The van der Waals surface area contributed by atoms with Crippen LogP contribution in [-0.2, 0) is 0 Å². The van der Waals surface area contributed by atoms with E-state index in [1.165, 1.54) is 6.42 Å². The Bertz CT molecular complexity index is 338. The first-order valence-corrected chi connectivity index (χ1v) is 6.24. The van der Waals surface area contributed by atoms with Crippen molar-refractivity contribution in [3.05, 3.63) is 6.07 Å². The predicted octanol–water partition coefficient (Wildman–Crippen LogP) is 2.34. The highest BCUT2D eigenvalue weighted by molar-refractivity contribution is 5.50. The average molecular weight is 237 g/mol. The van der Waals surface area contributed by atoms with Crippen molar-refractivity contribution in [1.29, 1.82) is 0 Å². The molecule has 0 amide bonds. The SMILES string of the molecule is CCNc1cc(NCCCC(C)C)nc(N)n1. The lowest BCUT2D eigenvalue weighted by molar-refractivity contribution is 0.566. The zero-order chi connectivity index (χ0) is 12.7. The van der Waals surface area contributed by atoms with Crippen molar-refractivity contribution < 1.29 is 0 Å². The summed E-state index contributed by atoms with van der Waals surface area (Å²) in [6, 6.07) is 1.88. The summed E-state index contributed by atoms with van der Waals surface area (Å²) in [5.74, 6) is 2.60. The molecule has 0 aliphatic rings. The van der Waals surface area contributed by atoms with Gasteiger partial charge in [-0.25, -0.2) is 0 Å². The van der Waals surface area contributed by atoms with Crippen molar-refractivity contribution >= 4 is 17.6 Å². The van der Waals surface area contributed by atoms with Gasteiger partial charge in [0.25, 0.3) is 0 Å². The Morgan fingerprint density at radius 3 is 2.47 bits per heavy atom. The molecule has 0 radical (unpaired) electrons. The summed E-state index contributed by atoms with van der Waals surface area (Å²) >= 11 is 0. The van der Waals surface area contributed by atoms with Gasteiger partial charge >= 0.3 is 0 Å². The van der Waals surface area contributed by atoms with Crippen LogP contribution in [0, 0.1) is 5.92 Å². The fraction of sp³-hybridized carbons (Fsp3) is 0.667. The van der Waals surface area contributed by atoms with Crippen LogP contribution in [0.5, 0.6) is 0 Å². The van der Waals surface area contributed by atoms with Crippen LogP contribution in [0.25, 0.3) is 0 Å². The van der Waals surface area contributed by atoms with Gasteiger partial charge in [0.2, 0.25) is 5.95 Å². The Balaban J connectivity index is 2.46. The number of nitrogen functional groups attached to an aromatic ring is 1. The first-order chi connectivity index (χ1) is 8.11. The van der Waals surface area contributed by atoms with Crippen LogP contribution in [0.15, 0.2) is 6.07 Å². The van der Waals surface area contributed by atoms with Crippen molar-refractivity contribution in [2.75, 3.05) is 29.5 Å². The van der Waals surface area contributed by atoms with Gasteiger partial charge in [-0.3, -0.25) is 0 Å². The highest BCUT2D eigenvalue weighted by Gasteiger charge is 2.01. The lowest BCUT2D eigenvalue weighted by Crippen LogP contribution is -2.09. The molecule has 5 heteroatoms. The Kier molecular flexibility index (Phi) is 5.52. The molecule has 0 fully saturated rings. The molecule has 0 unspecified atom stereocenters. The summed E-state index contributed by atoms with van der Waals surface area (Å²) < 4.78 is 0. The van der Waals surface area contributed by atoms with Gasteiger partial charge in [-0.1, -0.05) is 13.8 Å². The lowest BCUT2D eigenvalue weighted by atomic mass is 10.1. The minimum atomic E-state index is 0.301. The molecule has 0 saturated carbocycles.